The average Bonchev–Trinajstić information content (AvgIpc) is 2.99. The Morgan fingerprint density at radius 2 is 1.92 bits per heavy atom. The van der Waals surface area contributed by atoms with Crippen molar-refractivity contribution in [2.45, 2.75) is 11.6 Å². The number of nitrogens with one attached hydrogen (secondary N) is 2. The SMILES string of the molecule is FC(F)(F)c1nc2cc(Cl)cc(NCC3(c4ccccc4)CNC3)n2n1. The second-order valence-corrected chi connectivity index (χ2v) is 6.80. The van der Waals surface area contributed by atoms with E-state index in [0.717, 1.165) is 17.6 Å². The molecule has 2 aromatic heterocycles. The van der Waals surface area contributed by atoms with Crippen LogP contribution in [0.4, 0.5) is 19.0 Å². The van der Waals surface area contributed by atoms with E-state index in [0.29, 0.717) is 17.4 Å². The van der Waals surface area contributed by atoms with Crippen molar-refractivity contribution in [1.29, 1.82) is 0 Å². The lowest BCUT2D eigenvalue weighted by molar-refractivity contribution is -0.144. The predicted octanol–water partition coefficient (Wildman–Crippen LogP) is 3.35. The highest BCUT2D eigenvalue weighted by Crippen LogP contribution is 2.31. The number of anilines is 1. The Hall–Kier alpha value is -2.32. The summed E-state index contributed by atoms with van der Waals surface area (Å²) in [6.45, 7) is 2.08. The van der Waals surface area contributed by atoms with Crippen LogP contribution in [0.3, 0.4) is 0 Å². The summed E-state index contributed by atoms with van der Waals surface area (Å²) in [6, 6.07) is 12.9. The van der Waals surface area contributed by atoms with Gasteiger partial charge in [0.1, 0.15) is 5.82 Å². The number of nitrogens with zero attached hydrogens (tertiary/aromatic N) is 3. The van der Waals surface area contributed by atoms with Crippen molar-refractivity contribution >= 4 is 23.1 Å². The minimum Gasteiger partial charge on any atom is -0.369 e. The number of halogens is 4. The van der Waals surface area contributed by atoms with Gasteiger partial charge >= 0.3 is 6.18 Å². The van der Waals surface area contributed by atoms with E-state index in [2.05, 4.69) is 20.7 Å². The Morgan fingerprint density at radius 1 is 1.19 bits per heavy atom. The Labute approximate surface area is 152 Å². The first-order chi connectivity index (χ1) is 12.4. The van der Waals surface area contributed by atoms with Crippen molar-refractivity contribution < 1.29 is 13.2 Å². The molecule has 4 rings (SSSR count). The second-order valence-electron chi connectivity index (χ2n) is 6.37. The number of alkyl halides is 3. The first-order valence-corrected chi connectivity index (χ1v) is 8.39. The van der Waals surface area contributed by atoms with Gasteiger partial charge in [0.25, 0.3) is 5.82 Å². The number of benzene rings is 1. The van der Waals surface area contributed by atoms with Gasteiger partial charge in [-0.1, -0.05) is 41.9 Å². The highest BCUT2D eigenvalue weighted by atomic mass is 35.5. The molecule has 9 heteroatoms. The van der Waals surface area contributed by atoms with Crippen molar-refractivity contribution in [3.8, 4) is 0 Å². The van der Waals surface area contributed by atoms with E-state index < -0.39 is 12.0 Å². The number of pyridine rings is 1. The summed E-state index contributed by atoms with van der Waals surface area (Å²) < 4.78 is 39.9. The standard InChI is InChI=1S/C17H15ClF3N5/c18-12-6-13(26-14(7-12)24-15(25-26)17(19,20)21)23-10-16(8-22-9-16)11-4-2-1-3-5-11/h1-7,22-23H,8-10H2. The minimum absolute atomic E-state index is 0.0489. The van der Waals surface area contributed by atoms with Crippen LogP contribution in [0.1, 0.15) is 11.4 Å². The summed E-state index contributed by atoms with van der Waals surface area (Å²) in [4.78, 5) is 3.53. The molecule has 0 atom stereocenters. The van der Waals surface area contributed by atoms with E-state index in [9.17, 15) is 13.2 Å². The fourth-order valence-electron chi connectivity index (χ4n) is 3.11. The van der Waals surface area contributed by atoms with Gasteiger partial charge in [-0.2, -0.15) is 17.7 Å². The topological polar surface area (TPSA) is 54.2 Å². The van der Waals surface area contributed by atoms with Crippen molar-refractivity contribution in [2.75, 3.05) is 25.0 Å². The fraction of sp³-hybridized carbons (Fsp3) is 0.294. The highest BCUT2D eigenvalue weighted by Gasteiger charge is 2.39. The van der Waals surface area contributed by atoms with E-state index in [1.54, 1.807) is 6.07 Å². The number of rotatable bonds is 4. The van der Waals surface area contributed by atoms with Gasteiger partial charge < -0.3 is 10.6 Å². The molecule has 0 spiro atoms. The van der Waals surface area contributed by atoms with Crippen LogP contribution < -0.4 is 10.6 Å². The summed E-state index contributed by atoms with van der Waals surface area (Å²) in [5, 5.41) is 10.3. The summed E-state index contributed by atoms with van der Waals surface area (Å²) >= 11 is 6.05. The smallest absolute Gasteiger partial charge is 0.369 e. The molecule has 0 bridgehead atoms. The summed E-state index contributed by atoms with van der Waals surface area (Å²) in [5.74, 6) is -0.816. The Morgan fingerprint density at radius 3 is 2.54 bits per heavy atom. The zero-order valence-electron chi connectivity index (χ0n) is 13.5. The third-order valence-corrected chi connectivity index (χ3v) is 4.79. The van der Waals surface area contributed by atoms with Gasteiger partial charge in [0, 0.05) is 36.1 Å². The largest absolute Gasteiger partial charge is 0.453 e. The molecule has 0 amide bonds. The van der Waals surface area contributed by atoms with Gasteiger partial charge in [0.15, 0.2) is 5.65 Å². The minimum atomic E-state index is -4.61. The predicted molar refractivity (Wildman–Crippen MR) is 92.5 cm³/mol. The van der Waals surface area contributed by atoms with E-state index in [-0.39, 0.29) is 11.1 Å². The van der Waals surface area contributed by atoms with E-state index in [1.807, 2.05) is 30.3 Å². The highest BCUT2D eigenvalue weighted by molar-refractivity contribution is 6.31. The van der Waals surface area contributed by atoms with Gasteiger partial charge in [-0.15, -0.1) is 5.10 Å². The van der Waals surface area contributed by atoms with Crippen LogP contribution in [-0.2, 0) is 11.6 Å². The van der Waals surface area contributed by atoms with Gasteiger partial charge in [-0.05, 0) is 11.6 Å². The molecule has 1 aliphatic heterocycles. The molecule has 3 heterocycles. The van der Waals surface area contributed by atoms with Crippen LogP contribution in [0.25, 0.3) is 5.65 Å². The zero-order chi connectivity index (χ0) is 18.4. The fourth-order valence-corrected chi connectivity index (χ4v) is 3.31. The molecule has 0 saturated carbocycles. The molecule has 1 fully saturated rings. The maximum Gasteiger partial charge on any atom is 0.453 e. The third-order valence-electron chi connectivity index (χ3n) is 4.58. The summed E-state index contributed by atoms with van der Waals surface area (Å²) in [6.07, 6.45) is -4.61. The lowest BCUT2D eigenvalue weighted by atomic mass is 9.75. The van der Waals surface area contributed by atoms with Crippen molar-refractivity contribution in [1.82, 2.24) is 19.9 Å². The molecular formula is C17H15ClF3N5. The molecule has 1 aliphatic rings. The number of hydrogen-bond donors (Lipinski definition) is 2. The molecule has 0 unspecified atom stereocenters. The number of fused-ring (bicyclic) bond motifs is 1. The van der Waals surface area contributed by atoms with Crippen LogP contribution in [0.2, 0.25) is 5.02 Å². The van der Waals surface area contributed by atoms with Crippen LogP contribution in [0.15, 0.2) is 42.5 Å². The molecule has 26 heavy (non-hydrogen) atoms. The van der Waals surface area contributed by atoms with Gasteiger partial charge in [0.2, 0.25) is 0 Å². The molecule has 0 aliphatic carbocycles. The first kappa shape index (κ1) is 17.1. The van der Waals surface area contributed by atoms with Crippen LogP contribution in [-0.4, -0.2) is 34.2 Å². The van der Waals surface area contributed by atoms with Crippen LogP contribution in [0, 0.1) is 0 Å². The lowest BCUT2D eigenvalue weighted by Gasteiger charge is -2.43. The molecular weight excluding hydrogens is 367 g/mol. The molecule has 136 valence electrons. The molecule has 1 saturated heterocycles. The maximum atomic E-state index is 12.9. The van der Waals surface area contributed by atoms with Crippen molar-refractivity contribution in [3.63, 3.8) is 0 Å². The quantitative estimate of drug-likeness (QED) is 0.727. The lowest BCUT2D eigenvalue weighted by Crippen LogP contribution is -2.60. The molecule has 2 N–H and O–H groups in total. The molecule has 5 nitrogen and oxygen atoms in total. The van der Waals surface area contributed by atoms with Crippen LogP contribution in [0.5, 0.6) is 0 Å². The van der Waals surface area contributed by atoms with Gasteiger partial charge in [0.05, 0.1) is 0 Å². The monoisotopic (exact) mass is 381 g/mol. The normalized spacial score (nSPS) is 16.5. The average molecular weight is 382 g/mol. The van der Waals surface area contributed by atoms with E-state index in [1.165, 1.54) is 11.6 Å². The zero-order valence-corrected chi connectivity index (χ0v) is 14.3. The summed E-state index contributed by atoms with van der Waals surface area (Å²) in [5.41, 5.74) is 1.08. The number of hydrogen-bond acceptors (Lipinski definition) is 4. The number of aromatic nitrogens is 3. The Bertz CT molecular complexity index is 935. The molecule has 0 radical (unpaired) electrons. The van der Waals surface area contributed by atoms with Crippen LogP contribution >= 0.6 is 11.6 Å². The molecule has 3 aromatic rings. The molecule has 1 aromatic carbocycles. The second kappa shape index (κ2) is 6.14. The Balaban J connectivity index is 1.66. The van der Waals surface area contributed by atoms with Crippen molar-refractivity contribution in [2.24, 2.45) is 0 Å². The Kier molecular flexibility index (Phi) is 4.04. The summed E-state index contributed by atoms with van der Waals surface area (Å²) in [7, 11) is 0. The van der Waals surface area contributed by atoms with E-state index in [4.69, 9.17) is 11.6 Å². The van der Waals surface area contributed by atoms with Crippen molar-refractivity contribution in [3.05, 3.63) is 58.9 Å². The first-order valence-electron chi connectivity index (χ1n) is 8.01. The maximum absolute atomic E-state index is 12.9. The van der Waals surface area contributed by atoms with Gasteiger partial charge in [-0.3, -0.25) is 0 Å². The third kappa shape index (κ3) is 2.99. The van der Waals surface area contributed by atoms with E-state index >= 15 is 0 Å². The van der Waals surface area contributed by atoms with Gasteiger partial charge in [-0.25, -0.2) is 4.98 Å².